The molecule has 2 rings (SSSR count). The number of nitrogens with zero attached hydrogens (tertiary/aromatic N) is 4. The highest BCUT2D eigenvalue weighted by Crippen LogP contribution is 2.17. The Balaban J connectivity index is 2.12. The van der Waals surface area contributed by atoms with E-state index in [0.717, 1.165) is 23.4 Å². The number of aryl methyl sites for hydroxylation is 3. The van der Waals surface area contributed by atoms with E-state index in [9.17, 15) is 5.11 Å². The number of aromatic nitrogens is 4. The zero-order chi connectivity index (χ0) is 12.4. The van der Waals surface area contributed by atoms with E-state index in [1.807, 2.05) is 31.0 Å². The third-order valence-electron chi connectivity index (χ3n) is 2.90. The van der Waals surface area contributed by atoms with Crippen LogP contribution >= 0.6 is 0 Å². The second kappa shape index (κ2) is 4.71. The lowest BCUT2D eigenvalue weighted by Gasteiger charge is -2.07. The molecule has 0 aliphatic carbocycles. The lowest BCUT2D eigenvalue weighted by atomic mass is 10.1. The molecule has 0 aromatic carbocycles. The van der Waals surface area contributed by atoms with Crippen LogP contribution < -0.4 is 0 Å². The summed E-state index contributed by atoms with van der Waals surface area (Å²) in [5.41, 5.74) is 2.94. The highest BCUT2D eigenvalue weighted by molar-refractivity contribution is 5.15. The largest absolute Gasteiger partial charge is 0.388 e. The fourth-order valence-corrected chi connectivity index (χ4v) is 1.86. The molecule has 0 aliphatic rings. The standard InChI is InChI=1S/C12H18N4O/c1-4-10-5-11(16(3)14-10)6-12(17)9-7-13-15(2)8-9/h5,7-8,12,17H,4,6H2,1-3H3. The minimum Gasteiger partial charge on any atom is -0.388 e. The van der Waals surface area contributed by atoms with Crippen molar-refractivity contribution in [1.82, 2.24) is 19.6 Å². The minimum atomic E-state index is -0.524. The summed E-state index contributed by atoms with van der Waals surface area (Å²) >= 11 is 0. The quantitative estimate of drug-likeness (QED) is 0.858. The second-order valence-electron chi connectivity index (χ2n) is 4.27. The van der Waals surface area contributed by atoms with Crippen LogP contribution in [0.5, 0.6) is 0 Å². The predicted octanol–water partition coefficient (Wildman–Crippen LogP) is 0.992. The molecule has 92 valence electrons. The van der Waals surface area contributed by atoms with Gasteiger partial charge in [-0.25, -0.2) is 0 Å². The Hall–Kier alpha value is -1.62. The van der Waals surface area contributed by atoms with Gasteiger partial charge in [0.1, 0.15) is 0 Å². The van der Waals surface area contributed by atoms with Gasteiger partial charge in [-0.15, -0.1) is 0 Å². The first kappa shape index (κ1) is 11.9. The van der Waals surface area contributed by atoms with Crippen molar-refractivity contribution in [3.05, 3.63) is 35.4 Å². The maximum atomic E-state index is 10.1. The van der Waals surface area contributed by atoms with Crippen molar-refractivity contribution in [2.75, 3.05) is 0 Å². The Kier molecular flexibility index (Phi) is 3.28. The van der Waals surface area contributed by atoms with E-state index in [4.69, 9.17) is 0 Å². The van der Waals surface area contributed by atoms with Crippen LogP contribution in [0.2, 0.25) is 0 Å². The number of hydrogen-bond donors (Lipinski definition) is 1. The Morgan fingerprint density at radius 3 is 2.71 bits per heavy atom. The minimum absolute atomic E-state index is 0.524. The molecule has 0 saturated carbocycles. The predicted molar refractivity (Wildman–Crippen MR) is 64.5 cm³/mol. The van der Waals surface area contributed by atoms with Gasteiger partial charge in [0, 0.05) is 38.0 Å². The van der Waals surface area contributed by atoms with E-state index in [2.05, 4.69) is 17.1 Å². The van der Waals surface area contributed by atoms with Crippen molar-refractivity contribution >= 4 is 0 Å². The van der Waals surface area contributed by atoms with Gasteiger partial charge in [0.15, 0.2) is 0 Å². The molecule has 17 heavy (non-hydrogen) atoms. The Morgan fingerprint density at radius 1 is 1.41 bits per heavy atom. The van der Waals surface area contributed by atoms with Crippen LogP contribution in [0, 0.1) is 0 Å². The van der Waals surface area contributed by atoms with E-state index in [0.29, 0.717) is 6.42 Å². The van der Waals surface area contributed by atoms with Crippen molar-refractivity contribution in [3.8, 4) is 0 Å². The summed E-state index contributed by atoms with van der Waals surface area (Å²) in [6.45, 7) is 2.07. The molecule has 0 saturated heterocycles. The summed E-state index contributed by atoms with van der Waals surface area (Å²) in [7, 11) is 3.75. The Bertz CT molecular complexity index is 500. The van der Waals surface area contributed by atoms with Crippen LogP contribution in [0.3, 0.4) is 0 Å². The molecule has 0 fully saturated rings. The molecule has 0 bridgehead atoms. The molecule has 2 heterocycles. The first-order chi connectivity index (χ1) is 8.10. The van der Waals surface area contributed by atoms with Crippen LogP contribution in [0.1, 0.15) is 30.0 Å². The molecule has 1 N–H and O–H groups in total. The highest BCUT2D eigenvalue weighted by atomic mass is 16.3. The topological polar surface area (TPSA) is 55.9 Å². The van der Waals surface area contributed by atoms with Crippen LogP contribution in [0.4, 0.5) is 0 Å². The number of aliphatic hydroxyl groups excluding tert-OH is 1. The van der Waals surface area contributed by atoms with Crippen molar-refractivity contribution in [2.45, 2.75) is 25.9 Å². The summed E-state index contributed by atoms with van der Waals surface area (Å²) < 4.78 is 3.53. The lowest BCUT2D eigenvalue weighted by molar-refractivity contribution is 0.175. The third kappa shape index (κ3) is 2.55. The average molecular weight is 234 g/mol. The molecule has 2 aromatic rings. The van der Waals surface area contributed by atoms with Crippen molar-refractivity contribution in [2.24, 2.45) is 14.1 Å². The molecule has 2 aromatic heterocycles. The van der Waals surface area contributed by atoms with E-state index in [1.54, 1.807) is 10.9 Å². The van der Waals surface area contributed by atoms with Gasteiger partial charge >= 0.3 is 0 Å². The maximum absolute atomic E-state index is 10.1. The fourth-order valence-electron chi connectivity index (χ4n) is 1.86. The molecule has 5 heteroatoms. The number of rotatable bonds is 4. The highest BCUT2D eigenvalue weighted by Gasteiger charge is 2.13. The Labute approximate surface area is 101 Å². The first-order valence-electron chi connectivity index (χ1n) is 5.78. The zero-order valence-electron chi connectivity index (χ0n) is 10.5. The molecular weight excluding hydrogens is 216 g/mol. The number of aliphatic hydroxyl groups is 1. The van der Waals surface area contributed by atoms with Gasteiger partial charge in [0.2, 0.25) is 0 Å². The summed E-state index contributed by atoms with van der Waals surface area (Å²) in [5, 5.41) is 18.5. The fraction of sp³-hybridized carbons (Fsp3) is 0.500. The van der Waals surface area contributed by atoms with Gasteiger partial charge in [-0.3, -0.25) is 9.36 Å². The summed E-state index contributed by atoms with van der Waals surface area (Å²) in [6, 6.07) is 2.04. The van der Waals surface area contributed by atoms with Gasteiger partial charge in [-0.1, -0.05) is 6.92 Å². The number of hydrogen-bond acceptors (Lipinski definition) is 3. The maximum Gasteiger partial charge on any atom is 0.0875 e. The summed E-state index contributed by atoms with van der Waals surface area (Å²) in [6.07, 6.45) is 4.49. The summed E-state index contributed by atoms with van der Waals surface area (Å²) in [5.74, 6) is 0. The lowest BCUT2D eigenvalue weighted by Crippen LogP contribution is -2.05. The van der Waals surface area contributed by atoms with Crippen molar-refractivity contribution in [3.63, 3.8) is 0 Å². The molecule has 1 atom stereocenters. The normalized spacial score (nSPS) is 12.9. The van der Waals surface area contributed by atoms with E-state index < -0.39 is 6.10 Å². The van der Waals surface area contributed by atoms with Crippen LogP contribution in [0.25, 0.3) is 0 Å². The second-order valence-corrected chi connectivity index (χ2v) is 4.27. The van der Waals surface area contributed by atoms with Gasteiger partial charge in [-0.2, -0.15) is 10.2 Å². The smallest absolute Gasteiger partial charge is 0.0875 e. The molecule has 5 nitrogen and oxygen atoms in total. The molecule has 0 radical (unpaired) electrons. The van der Waals surface area contributed by atoms with Crippen LogP contribution in [-0.4, -0.2) is 24.7 Å². The average Bonchev–Trinajstić information content (AvgIpc) is 2.86. The van der Waals surface area contributed by atoms with Gasteiger partial charge in [0.25, 0.3) is 0 Å². The molecule has 0 spiro atoms. The Morgan fingerprint density at radius 2 is 2.18 bits per heavy atom. The van der Waals surface area contributed by atoms with E-state index >= 15 is 0 Å². The SMILES string of the molecule is CCc1cc(CC(O)c2cnn(C)c2)n(C)n1. The molecule has 0 aliphatic heterocycles. The van der Waals surface area contributed by atoms with Crippen LogP contribution in [0.15, 0.2) is 18.5 Å². The molecule has 0 amide bonds. The van der Waals surface area contributed by atoms with Crippen molar-refractivity contribution < 1.29 is 5.11 Å². The molecular formula is C12H18N4O. The van der Waals surface area contributed by atoms with Gasteiger partial charge in [0.05, 0.1) is 18.0 Å². The first-order valence-corrected chi connectivity index (χ1v) is 5.78. The van der Waals surface area contributed by atoms with Crippen LogP contribution in [-0.2, 0) is 26.9 Å². The van der Waals surface area contributed by atoms with E-state index in [1.165, 1.54) is 0 Å². The third-order valence-corrected chi connectivity index (χ3v) is 2.90. The monoisotopic (exact) mass is 234 g/mol. The van der Waals surface area contributed by atoms with Crippen molar-refractivity contribution in [1.29, 1.82) is 0 Å². The molecule has 1 unspecified atom stereocenters. The van der Waals surface area contributed by atoms with Gasteiger partial charge < -0.3 is 5.11 Å². The summed E-state index contributed by atoms with van der Waals surface area (Å²) in [4.78, 5) is 0. The van der Waals surface area contributed by atoms with E-state index in [-0.39, 0.29) is 0 Å². The zero-order valence-corrected chi connectivity index (χ0v) is 10.5. The van der Waals surface area contributed by atoms with Gasteiger partial charge in [-0.05, 0) is 12.5 Å².